The largest absolute Gasteiger partial charge is 0.392 e. The molecule has 0 aromatic heterocycles. The maximum Gasteiger partial charge on any atom is 0.0638 e. The van der Waals surface area contributed by atoms with Crippen molar-refractivity contribution in [2.24, 2.45) is 0 Å². The van der Waals surface area contributed by atoms with E-state index in [4.69, 9.17) is 5.11 Å². The first kappa shape index (κ1) is 9.66. The number of hydrogen-bond donors (Lipinski definition) is 1. The van der Waals surface area contributed by atoms with Crippen LogP contribution in [0.15, 0.2) is 0 Å². The predicted octanol–water partition coefficient (Wildman–Crippen LogP) is 1.46. The van der Waals surface area contributed by atoms with E-state index < -0.39 is 0 Å². The highest BCUT2D eigenvalue weighted by Crippen LogP contribution is 2.04. The molecule has 0 heterocycles. The van der Waals surface area contributed by atoms with Crippen molar-refractivity contribution in [2.45, 2.75) is 12.5 Å². The molecule has 0 rings (SSSR count). The van der Waals surface area contributed by atoms with Crippen LogP contribution in [0.2, 0.25) is 0 Å². The van der Waals surface area contributed by atoms with Gasteiger partial charge in [-0.15, -0.1) is 0 Å². The fourth-order valence-electron chi connectivity index (χ4n) is 0.530. The highest BCUT2D eigenvalue weighted by molar-refractivity contribution is 7.98. The van der Waals surface area contributed by atoms with Crippen LogP contribution in [0.3, 0.4) is 0 Å². The lowest BCUT2D eigenvalue weighted by atomic mass is 10.3. The molecule has 1 atom stereocenters. The molecule has 0 aliphatic rings. The Morgan fingerprint density at radius 1 is 1.33 bits per heavy atom. The van der Waals surface area contributed by atoms with Crippen LogP contribution in [0.1, 0.15) is 6.42 Å². The lowest BCUT2D eigenvalue weighted by Gasteiger charge is -2.05. The molecule has 0 aliphatic heterocycles. The minimum atomic E-state index is -0.0903. The molecule has 1 nitrogen and oxygen atoms in total. The maximum atomic E-state index is 9.15. The van der Waals surface area contributed by atoms with Gasteiger partial charge in [-0.2, -0.15) is 23.5 Å². The molecule has 1 unspecified atom stereocenters. The maximum absolute atomic E-state index is 9.15. The summed E-state index contributed by atoms with van der Waals surface area (Å²) in [5, 5.41) is 9.15. The summed E-state index contributed by atoms with van der Waals surface area (Å²) in [6, 6.07) is 0. The summed E-state index contributed by atoms with van der Waals surface area (Å²) >= 11 is 3.49. The molecule has 0 aromatic carbocycles. The summed E-state index contributed by atoms with van der Waals surface area (Å²) in [4.78, 5) is 0. The monoisotopic (exact) mass is 166 g/mol. The number of thioether (sulfide) groups is 2. The van der Waals surface area contributed by atoms with E-state index >= 15 is 0 Å². The van der Waals surface area contributed by atoms with Gasteiger partial charge in [-0.05, 0) is 24.7 Å². The van der Waals surface area contributed by atoms with Gasteiger partial charge in [0.05, 0.1) is 6.10 Å². The molecule has 0 fully saturated rings. The molecule has 0 bridgehead atoms. The van der Waals surface area contributed by atoms with Crippen LogP contribution in [0.25, 0.3) is 0 Å². The molecule has 0 saturated carbocycles. The first-order valence-electron chi connectivity index (χ1n) is 2.97. The van der Waals surface area contributed by atoms with E-state index in [-0.39, 0.29) is 6.10 Å². The minimum absolute atomic E-state index is 0.0903. The molecular weight excluding hydrogens is 152 g/mol. The third kappa shape index (κ3) is 6.55. The van der Waals surface area contributed by atoms with E-state index in [1.54, 1.807) is 23.5 Å². The second-order valence-corrected chi connectivity index (χ2v) is 3.79. The van der Waals surface area contributed by atoms with Gasteiger partial charge in [0, 0.05) is 5.75 Å². The Morgan fingerprint density at radius 2 is 2.00 bits per heavy atom. The molecule has 3 heteroatoms. The third-order valence-electron chi connectivity index (χ3n) is 1.01. The summed E-state index contributed by atoms with van der Waals surface area (Å²) in [6.45, 7) is 0. The quantitative estimate of drug-likeness (QED) is 0.668. The van der Waals surface area contributed by atoms with Gasteiger partial charge in [0.25, 0.3) is 0 Å². The Morgan fingerprint density at radius 3 is 2.44 bits per heavy atom. The second-order valence-electron chi connectivity index (χ2n) is 1.89. The van der Waals surface area contributed by atoms with Crippen molar-refractivity contribution >= 4 is 23.5 Å². The van der Waals surface area contributed by atoms with Crippen LogP contribution in [0.5, 0.6) is 0 Å². The van der Waals surface area contributed by atoms with Crippen LogP contribution in [0, 0.1) is 0 Å². The van der Waals surface area contributed by atoms with Crippen LogP contribution in [-0.2, 0) is 0 Å². The van der Waals surface area contributed by atoms with Gasteiger partial charge in [0.2, 0.25) is 0 Å². The zero-order chi connectivity index (χ0) is 7.11. The van der Waals surface area contributed by atoms with Crippen molar-refractivity contribution in [3.63, 3.8) is 0 Å². The van der Waals surface area contributed by atoms with Gasteiger partial charge in [0.15, 0.2) is 0 Å². The lowest BCUT2D eigenvalue weighted by Crippen LogP contribution is -2.10. The van der Waals surface area contributed by atoms with Crippen LogP contribution < -0.4 is 0 Å². The Balaban J connectivity index is 2.95. The fraction of sp³-hybridized carbons (Fsp3) is 1.00. The van der Waals surface area contributed by atoms with Crippen LogP contribution >= 0.6 is 23.5 Å². The zero-order valence-electron chi connectivity index (χ0n) is 5.96. The molecule has 0 spiro atoms. The van der Waals surface area contributed by atoms with Crippen molar-refractivity contribution in [3.8, 4) is 0 Å². The Labute approximate surface area is 65.6 Å². The summed E-state index contributed by atoms with van der Waals surface area (Å²) in [5.41, 5.74) is 0. The van der Waals surface area contributed by atoms with Crippen molar-refractivity contribution in [1.29, 1.82) is 0 Å². The predicted molar refractivity (Wildman–Crippen MR) is 47.4 cm³/mol. The normalized spacial score (nSPS) is 13.7. The Hall–Kier alpha value is 0.660. The van der Waals surface area contributed by atoms with Crippen LogP contribution in [0.4, 0.5) is 0 Å². The molecule has 0 aromatic rings. The van der Waals surface area contributed by atoms with Gasteiger partial charge in [-0.1, -0.05) is 0 Å². The van der Waals surface area contributed by atoms with E-state index in [2.05, 4.69) is 6.26 Å². The number of hydrogen-bond acceptors (Lipinski definition) is 3. The highest BCUT2D eigenvalue weighted by atomic mass is 32.2. The van der Waals surface area contributed by atoms with Gasteiger partial charge in [-0.25, -0.2) is 0 Å². The van der Waals surface area contributed by atoms with Crippen LogP contribution in [-0.4, -0.2) is 35.2 Å². The summed E-state index contributed by atoms with van der Waals surface area (Å²) in [6.07, 6.45) is 4.92. The Bertz CT molecular complexity index is 59.0. The number of rotatable bonds is 5. The molecule has 9 heavy (non-hydrogen) atoms. The number of aliphatic hydroxyl groups excluding tert-OH is 1. The van der Waals surface area contributed by atoms with Crippen molar-refractivity contribution in [1.82, 2.24) is 0 Å². The molecule has 0 aliphatic carbocycles. The molecular formula is C6H14OS2. The van der Waals surface area contributed by atoms with Gasteiger partial charge in [0.1, 0.15) is 0 Å². The van der Waals surface area contributed by atoms with E-state index in [0.717, 1.165) is 17.9 Å². The first-order valence-corrected chi connectivity index (χ1v) is 5.76. The average Bonchev–Trinajstić information content (AvgIpc) is 1.85. The SMILES string of the molecule is CSCCC(O)CSC. The second kappa shape index (κ2) is 6.78. The van der Waals surface area contributed by atoms with Gasteiger partial charge >= 0.3 is 0 Å². The minimum Gasteiger partial charge on any atom is -0.392 e. The summed E-state index contributed by atoms with van der Waals surface area (Å²) in [7, 11) is 0. The lowest BCUT2D eigenvalue weighted by molar-refractivity contribution is 0.197. The first-order chi connectivity index (χ1) is 4.31. The van der Waals surface area contributed by atoms with Gasteiger partial charge in [-0.3, -0.25) is 0 Å². The van der Waals surface area contributed by atoms with Crippen molar-refractivity contribution in [3.05, 3.63) is 0 Å². The van der Waals surface area contributed by atoms with E-state index in [0.29, 0.717) is 0 Å². The van der Waals surface area contributed by atoms with E-state index in [1.165, 1.54) is 0 Å². The average molecular weight is 166 g/mol. The molecule has 1 N–H and O–H groups in total. The van der Waals surface area contributed by atoms with E-state index in [9.17, 15) is 0 Å². The topological polar surface area (TPSA) is 20.2 Å². The smallest absolute Gasteiger partial charge is 0.0638 e. The fourth-order valence-corrected chi connectivity index (χ4v) is 1.59. The Kier molecular flexibility index (Phi) is 7.27. The summed E-state index contributed by atoms with van der Waals surface area (Å²) < 4.78 is 0. The van der Waals surface area contributed by atoms with Crippen molar-refractivity contribution in [2.75, 3.05) is 24.0 Å². The zero-order valence-corrected chi connectivity index (χ0v) is 7.60. The third-order valence-corrected chi connectivity index (χ3v) is 2.38. The molecule has 0 amide bonds. The number of aliphatic hydroxyl groups is 1. The molecule has 0 radical (unpaired) electrons. The summed E-state index contributed by atoms with van der Waals surface area (Å²) in [5.74, 6) is 1.95. The highest BCUT2D eigenvalue weighted by Gasteiger charge is 1.99. The standard InChI is InChI=1S/C6H14OS2/c1-8-4-3-6(7)5-9-2/h6-7H,3-5H2,1-2H3. The molecule has 56 valence electrons. The van der Waals surface area contributed by atoms with Gasteiger partial charge < -0.3 is 5.11 Å². The van der Waals surface area contributed by atoms with E-state index in [1.807, 2.05) is 6.26 Å². The molecule has 0 saturated heterocycles. The van der Waals surface area contributed by atoms with Crippen molar-refractivity contribution < 1.29 is 5.11 Å².